The lowest BCUT2D eigenvalue weighted by molar-refractivity contribution is -0.138. The topological polar surface area (TPSA) is 104 Å². The Bertz CT molecular complexity index is 1050. The van der Waals surface area contributed by atoms with Gasteiger partial charge in [-0.2, -0.15) is 0 Å². The predicted octanol–water partition coefficient (Wildman–Crippen LogP) is 3.30. The molecule has 3 N–H and O–H groups in total. The van der Waals surface area contributed by atoms with Crippen LogP contribution in [0.15, 0.2) is 48.5 Å². The van der Waals surface area contributed by atoms with Crippen LogP contribution in [0, 0.1) is 11.7 Å². The molecular formula is C25H28FN3O4. The number of benzene rings is 2. The molecule has 7 nitrogen and oxygen atoms in total. The maximum Gasteiger partial charge on any atom is 0.251 e. The quantitative estimate of drug-likeness (QED) is 0.560. The molecule has 1 fully saturated rings. The Morgan fingerprint density at radius 3 is 2.24 bits per heavy atom. The lowest BCUT2D eigenvalue weighted by Gasteiger charge is -2.35. The normalized spacial score (nSPS) is 19.1. The first-order valence-electron chi connectivity index (χ1n) is 11.0. The van der Waals surface area contributed by atoms with Crippen LogP contribution in [0.3, 0.4) is 0 Å². The van der Waals surface area contributed by atoms with Crippen LogP contribution >= 0.6 is 0 Å². The van der Waals surface area contributed by atoms with E-state index >= 15 is 0 Å². The van der Waals surface area contributed by atoms with Gasteiger partial charge in [0.25, 0.3) is 5.91 Å². The summed E-state index contributed by atoms with van der Waals surface area (Å²) < 4.78 is 13.1. The Hall–Kier alpha value is -3.55. The van der Waals surface area contributed by atoms with Gasteiger partial charge in [0.2, 0.25) is 17.7 Å². The first-order valence-corrected chi connectivity index (χ1v) is 11.0. The Balaban J connectivity index is 1.71. The van der Waals surface area contributed by atoms with Gasteiger partial charge in [-0.05, 0) is 60.7 Å². The minimum Gasteiger partial charge on any atom is -0.340 e. The van der Waals surface area contributed by atoms with Crippen molar-refractivity contribution < 1.29 is 23.6 Å². The number of hydrogen-bond acceptors (Lipinski definition) is 4. The second-order valence-corrected chi connectivity index (χ2v) is 8.58. The highest BCUT2D eigenvalue weighted by molar-refractivity contribution is 6.04. The van der Waals surface area contributed by atoms with E-state index in [9.17, 15) is 23.6 Å². The van der Waals surface area contributed by atoms with Crippen LogP contribution in [0.2, 0.25) is 0 Å². The molecule has 174 valence electrons. The zero-order valence-electron chi connectivity index (χ0n) is 18.9. The molecule has 8 heteroatoms. The van der Waals surface area contributed by atoms with Gasteiger partial charge in [0.1, 0.15) is 11.9 Å². The van der Waals surface area contributed by atoms with Gasteiger partial charge >= 0.3 is 0 Å². The van der Waals surface area contributed by atoms with E-state index in [0.29, 0.717) is 18.5 Å². The van der Waals surface area contributed by atoms with Crippen molar-refractivity contribution >= 4 is 29.3 Å². The summed E-state index contributed by atoms with van der Waals surface area (Å²) in [7, 11) is 0. The number of amides is 4. The third-order valence-electron chi connectivity index (χ3n) is 6.12. The zero-order chi connectivity index (χ0) is 24.2. The van der Waals surface area contributed by atoms with E-state index < -0.39 is 23.2 Å². The van der Waals surface area contributed by atoms with Crippen LogP contribution in [0.5, 0.6) is 0 Å². The summed E-state index contributed by atoms with van der Waals surface area (Å²) in [6.45, 7) is 5.53. The Morgan fingerprint density at radius 1 is 1.06 bits per heavy atom. The number of piperidine rings is 1. The number of nitrogens with one attached hydrogen (secondary N) is 3. The van der Waals surface area contributed by atoms with Crippen LogP contribution in [-0.2, 0) is 19.8 Å². The van der Waals surface area contributed by atoms with E-state index in [0.717, 1.165) is 5.56 Å². The van der Waals surface area contributed by atoms with Crippen molar-refractivity contribution in [1.29, 1.82) is 0 Å². The predicted molar refractivity (Wildman–Crippen MR) is 122 cm³/mol. The largest absolute Gasteiger partial charge is 0.340 e. The lowest BCUT2D eigenvalue weighted by Crippen LogP contribution is -2.51. The van der Waals surface area contributed by atoms with Crippen LogP contribution < -0.4 is 16.0 Å². The third-order valence-corrected chi connectivity index (χ3v) is 6.12. The minimum absolute atomic E-state index is 0.194. The Kier molecular flexibility index (Phi) is 7.26. The average Bonchev–Trinajstić information content (AvgIpc) is 2.78. The van der Waals surface area contributed by atoms with Crippen molar-refractivity contribution in [3.8, 4) is 0 Å². The van der Waals surface area contributed by atoms with Gasteiger partial charge in [-0.25, -0.2) is 4.39 Å². The van der Waals surface area contributed by atoms with Crippen LogP contribution in [0.25, 0.3) is 0 Å². The molecule has 0 saturated carbocycles. The van der Waals surface area contributed by atoms with Gasteiger partial charge in [-0.3, -0.25) is 24.5 Å². The van der Waals surface area contributed by atoms with E-state index in [4.69, 9.17) is 0 Å². The number of halogens is 1. The number of anilines is 1. The highest BCUT2D eigenvalue weighted by Gasteiger charge is 2.42. The molecule has 1 saturated heterocycles. The monoisotopic (exact) mass is 453 g/mol. The van der Waals surface area contributed by atoms with Crippen molar-refractivity contribution in [3.05, 3.63) is 65.5 Å². The van der Waals surface area contributed by atoms with Crippen molar-refractivity contribution in [2.75, 3.05) is 5.32 Å². The summed E-state index contributed by atoms with van der Waals surface area (Å²) in [4.78, 5) is 49.5. The summed E-state index contributed by atoms with van der Waals surface area (Å²) in [5.74, 6) is -2.08. The van der Waals surface area contributed by atoms with Crippen LogP contribution in [0.1, 0.15) is 56.0 Å². The molecule has 1 heterocycles. The fourth-order valence-electron chi connectivity index (χ4n) is 4.02. The van der Waals surface area contributed by atoms with Gasteiger partial charge in [-0.15, -0.1) is 0 Å². The molecule has 4 amide bonds. The molecule has 0 spiro atoms. The molecule has 1 aliphatic rings. The maximum absolute atomic E-state index is 13.1. The molecule has 33 heavy (non-hydrogen) atoms. The number of rotatable bonds is 7. The Labute approximate surface area is 192 Å². The van der Waals surface area contributed by atoms with Crippen molar-refractivity contribution in [1.82, 2.24) is 10.6 Å². The molecule has 0 radical (unpaired) electrons. The average molecular weight is 454 g/mol. The summed E-state index contributed by atoms with van der Waals surface area (Å²) in [6, 6.07) is 11.2. The number of hydrogen-bond donors (Lipinski definition) is 3. The molecule has 0 aliphatic carbocycles. The molecule has 2 aromatic carbocycles. The zero-order valence-corrected chi connectivity index (χ0v) is 18.9. The van der Waals surface area contributed by atoms with E-state index in [2.05, 4.69) is 16.0 Å². The first kappa shape index (κ1) is 24.1. The Morgan fingerprint density at radius 2 is 1.70 bits per heavy atom. The van der Waals surface area contributed by atoms with Crippen LogP contribution in [0.4, 0.5) is 10.1 Å². The summed E-state index contributed by atoms with van der Waals surface area (Å²) in [5.41, 5.74) is 0.773. The van der Waals surface area contributed by atoms with Gasteiger partial charge in [-0.1, -0.05) is 32.9 Å². The van der Waals surface area contributed by atoms with Crippen molar-refractivity contribution in [2.24, 2.45) is 5.92 Å². The van der Waals surface area contributed by atoms with Gasteiger partial charge in [0, 0.05) is 17.7 Å². The smallest absolute Gasteiger partial charge is 0.251 e. The number of carbonyl (C=O) groups excluding carboxylic acids is 4. The van der Waals surface area contributed by atoms with E-state index in [1.807, 2.05) is 20.8 Å². The molecule has 0 bridgehead atoms. The first-order chi connectivity index (χ1) is 15.7. The summed E-state index contributed by atoms with van der Waals surface area (Å²) >= 11 is 0. The summed E-state index contributed by atoms with van der Waals surface area (Å²) in [6.07, 6.45) is 1.26. The molecule has 1 aliphatic heterocycles. The summed E-state index contributed by atoms with van der Waals surface area (Å²) in [5, 5.41) is 7.92. The lowest BCUT2D eigenvalue weighted by atomic mass is 9.72. The van der Waals surface area contributed by atoms with Gasteiger partial charge < -0.3 is 10.6 Å². The SMILES string of the molecule is CCC1(c2ccc(NC(=O)C(NC(=O)c3ccc(F)cc3)C(C)C)cc2)CCC(=O)NC1=O. The second kappa shape index (κ2) is 9.94. The fourth-order valence-corrected chi connectivity index (χ4v) is 4.02. The molecule has 3 rings (SSSR count). The van der Waals surface area contributed by atoms with Crippen molar-refractivity contribution in [2.45, 2.75) is 51.5 Å². The molecule has 2 atom stereocenters. The van der Waals surface area contributed by atoms with E-state index in [1.165, 1.54) is 24.3 Å². The molecule has 0 aromatic heterocycles. The molecular weight excluding hydrogens is 425 g/mol. The minimum atomic E-state index is -0.806. The van der Waals surface area contributed by atoms with Gasteiger partial charge in [0.05, 0.1) is 5.41 Å². The highest BCUT2D eigenvalue weighted by atomic mass is 19.1. The number of carbonyl (C=O) groups is 4. The van der Waals surface area contributed by atoms with E-state index in [1.54, 1.807) is 24.3 Å². The highest BCUT2D eigenvalue weighted by Crippen LogP contribution is 2.36. The van der Waals surface area contributed by atoms with Crippen molar-refractivity contribution in [3.63, 3.8) is 0 Å². The standard InChI is InChI=1S/C25H28FN3O4/c1-4-25(14-13-20(30)28-24(25)33)17-7-11-19(12-8-17)27-23(32)21(15(2)3)29-22(31)16-5-9-18(26)10-6-16/h5-12,15,21H,4,13-14H2,1-3H3,(H,27,32)(H,29,31)(H,28,30,33). The molecule has 2 unspecified atom stereocenters. The number of imide groups is 1. The maximum atomic E-state index is 13.1. The second-order valence-electron chi connectivity index (χ2n) is 8.58. The van der Waals surface area contributed by atoms with E-state index in [-0.39, 0.29) is 35.6 Å². The third kappa shape index (κ3) is 5.27. The van der Waals surface area contributed by atoms with Crippen LogP contribution in [-0.4, -0.2) is 29.7 Å². The fraction of sp³-hybridized carbons (Fsp3) is 0.360. The van der Waals surface area contributed by atoms with Gasteiger partial charge in [0.15, 0.2) is 0 Å². The molecule has 2 aromatic rings.